The lowest BCUT2D eigenvalue weighted by Gasteiger charge is -2.30. The minimum absolute atomic E-state index is 0.0408. The summed E-state index contributed by atoms with van der Waals surface area (Å²) >= 11 is 0. The van der Waals surface area contributed by atoms with Gasteiger partial charge in [-0.1, -0.05) is 0 Å². The molecule has 1 unspecified atom stereocenters. The van der Waals surface area contributed by atoms with E-state index in [4.69, 9.17) is 9.97 Å². The fraction of sp³-hybridized carbons (Fsp3) is 0.630. The van der Waals surface area contributed by atoms with E-state index in [1.54, 1.807) is 16.8 Å². The van der Waals surface area contributed by atoms with E-state index in [1.807, 2.05) is 0 Å². The number of ketones is 1. The van der Waals surface area contributed by atoms with Gasteiger partial charge in [0, 0.05) is 29.6 Å². The Morgan fingerprint density at radius 2 is 1.79 bits per heavy atom. The van der Waals surface area contributed by atoms with Crippen molar-refractivity contribution in [2.45, 2.75) is 89.3 Å². The lowest BCUT2D eigenvalue weighted by atomic mass is 9.82. The smallest absolute Gasteiger partial charge is 0.254 e. The van der Waals surface area contributed by atoms with Crippen LogP contribution in [0, 0.1) is 5.92 Å². The number of fused-ring (bicyclic) bond motifs is 1. The number of carbonyl (C=O) groups is 3. The van der Waals surface area contributed by atoms with E-state index >= 15 is 0 Å². The minimum Gasteiger partial charge on any atom is -0.351 e. The second kappa shape index (κ2) is 10.4. The van der Waals surface area contributed by atoms with Crippen LogP contribution < -0.4 is 16.0 Å². The van der Waals surface area contributed by atoms with E-state index in [2.05, 4.69) is 32.9 Å². The minimum atomic E-state index is -0.372. The number of hydrogen-bond donors (Lipinski definition) is 3. The Kier molecular flexibility index (Phi) is 6.86. The molecule has 0 aromatic carbocycles. The Bertz CT molecular complexity index is 1270. The first kappa shape index (κ1) is 25.0. The molecule has 2 saturated heterocycles. The Morgan fingerprint density at radius 3 is 2.47 bits per heavy atom. The van der Waals surface area contributed by atoms with Crippen molar-refractivity contribution in [3.05, 3.63) is 17.3 Å². The van der Waals surface area contributed by atoms with E-state index < -0.39 is 0 Å². The van der Waals surface area contributed by atoms with Gasteiger partial charge in [-0.15, -0.1) is 0 Å². The number of Topliss-reactive ketones (excluding diaryl/α,β-unsaturated/α-hetero) is 1. The SMILES string of the molecule is CC(C(=O)CC1CCC(Nc2nc(NC3CC3)n3ncc(/C=C4\CC(=O)NC4=O)c3n2)CC1)N1CCCC1. The van der Waals surface area contributed by atoms with Crippen LogP contribution >= 0.6 is 0 Å². The maximum atomic E-state index is 12.9. The molecule has 6 rings (SSSR count). The summed E-state index contributed by atoms with van der Waals surface area (Å²) in [5.41, 5.74) is 1.66. The van der Waals surface area contributed by atoms with E-state index in [9.17, 15) is 14.4 Å². The molecule has 3 N–H and O–H groups in total. The highest BCUT2D eigenvalue weighted by Gasteiger charge is 2.30. The number of anilines is 2. The number of rotatable bonds is 9. The average molecular weight is 521 g/mol. The van der Waals surface area contributed by atoms with Crippen molar-refractivity contribution >= 4 is 41.2 Å². The van der Waals surface area contributed by atoms with Gasteiger partial charge in [0.2, 0.25) is 17.8 Å². The number of likely N-dealkylation sites (tertiary alicyclic amines) is 1. The molecule has 2 amide bonds. The first-order valence-corrected chi connectivity index (χ1v) is 14.0. The second-order valence-electron chi connectivity index (χ2n) is 11.3. The van der Waals surface area contributed by atoms with Crippen molar-refractivity contribution in [1.82, 2.24) is 29.8 Å². The predicted molar refractivity (Wildman–Crippen MR) is 142 cm³/mol. The molecule has 1 atom stereocenters. The molecule has 202 valence electrons. The summed E-state index contributed by atoms with van der Waals surface area (Å²) in [6, 6.07) is 0.650. The number of imide groups is 1. The molecule has 4 aliphatic rings. The Hall–Kier alpha value is -3.34. The fourth-order valence-corrected chi connectivity index (χ4v) is 5.85. The van der Waals surface area contributed by atoms with Crippen molar-refractivity contribution in [2.75, 3.05) is 23.7 Å². The highest BCUT2D eigenvalue weighted by Crippen LogP contribution is 2.31. The first-order valence-electron chi connectivity index (χ1n) is 14.0. The third-order valence-electron chi connectivity index (χ3n) is 8.36. The van der Waals surface area contributed by atoms with Gasteiger partial charge in [0.1, 0.15) is 5.78 Å². The van der Waals surface area contributed by atoms with Gasteiger partial charge in [-0.2, -0.15) is 19.6 Å². The first-order chi connectivity index (χ1) is 18.4. The Balaban J connectivity index is 1.13. The zero-order valence-electron chi connectivity index (χ0n) is 21.9. The van der Waals surface area contributed by atoms with E-state index in [1.165, 1.54) is 12.8 Å². The van der Waals surface area contributed by atoms with Crippen LogP contribution in [-0.2, 0) is 14.4 Å². The van der Waals surface area contributed by atoms with Gasteiger partial charge in [-0.25, -0.2) is 0 Å². The van der Waals surface area contributed by atoms with E-state index in [0.717, 1.165) is 51.6 Å². The lowest BCUT2D eigenvalue weighted by molar-refractivity contribution is -0.125. The van der Waals surface area contributed by atoms with Crippen LogP contribution in [0.3, 0.4) is 0 Å². The molecule has 4 fully saturated rings. The summed E-state index contributed by atoms with van der Waals surface area (Å²) in [4.78, 5) is 48.4. The normalized spacial score (nSPS) is 26.2. The summed E-state index contributed by atoms with van der Waals surface area (Å²) in [5, 5.41) is 13.7. The van der Waals surface area contributed by atoms with Crippen LogP contribution in [0.25, 0.3) is 11.7 Å². The van der Waals surface area contributed by atoms with Crippen LogP contribution in [0.2, 0.25) is 0 Å². The number of nitrogens with one attached hydrogen (secondary N) is 3. The molecule has 2 aliphatic carbocycles. The number of amides is 2. The lowest BCUT2D eigenvalue weighted by Crippen LogP contribution is -2.38. The monoisotopic (exact) mass is 520 g/mol. The maximum Gasteiger partial charge on any atom is 0.254 e. The maximum absolute atomic E-state index is 12.9. The van der Waals surface area contributed by atoms with Crippen LogP contribution in [0.5, 0.6) is 0 Å². The summed E-state index contributed by atoms with van der Waals surface area (Å²) in [5.74, 6) is 1.29. The molecule has 11 nitrogen and oxygen atoms in total. The zero-order valence-corrected chi connectivity index (χ0v) is 21.9. The Morgan fingerprint density at radius 1 is 1.08 bits per heavy atom. The van der Waals surface area contributed by atoms with Crippen LogP contribution in [-0.4, -0.2) is 73.3 Å². The van der Waals surface area contributed by atoms with Crippen molar-refractivity contribution < 1.29 is 14.4 Å². The number of aromatic nitrogens is 4. The molecule has 4 heterocycles. The standard InChI is InChI=1S/C27H36N8O3/c1-16(34-10-2-3-11-34)22(36)12-17-4-6-20(7-5-17)29-26-32-24-19(13-18-14-23(37)31-25(18)38)15-28-35(24)27(33-26)30-21-8-9-21/h13,15-17,20-21H,2-12,14H2,1H3,(H,31,37,38)(H2,29,30,32,33)/b18-13+. The van der Waals surface area contributed by atoms with Crippen molar-refractivity contribution in [3.8, 4) is 0 Å². The number of carbonyl (C=O) groups excluding carboxylic acids is 3. The average Bonchev–Trinajstić information content (AvgIpc) is 3.25. The molecule has 0 radical (unpaired) electrons. The third kappa shape index (κ3) is 5.43. The number of hydrogen-bond acceptors (Lipinski definition) is 9. The molecule has 2 aromatic rings. The van der Waals surface area contributed by atoms with Gasteiger partial charge in [-0.3, -0.25) is 24.6 Å². The second-order valence-corrected chi connectivity index (χ2v) is 11.3. The van der Waals surface area contributed by atoms with E-state index in [-0.39, 0.29) is 30.3 Å². The van der Waals surface area contributed by atoms with Crippen molar-refractivity contribution in [1.29, 1.82) is 0 Å². The van der Waals surface area contributed by atoms with Gasteiger partial charge in [0.05, 0.1) is 18.7 Å². The van der Waals surface area contributed by atoms with Crippen molar-refractivity contribution in [2.24, 2.45) is 5.92 Å². The van der Waals surface area contributed by atoms with Gasteiger partial charge >= 0.3 is 0 Å². The topological polar surface area (TPSA) is 134 Å². The molecule has 0 bridgehead atoms. The highest BCUT2D eigenvalue weighted by atomic mass is 16.2. The van der Waals surface area contributed by atoms with Gasteiger partial charge < -0.3 is 10.6 Å². The van der Waals surface area contributed by atoms with Gasteiger partial charge in [0.15, 0.2) is 5.65 Å². The summed E-state index contributed by atoms with van der Waals surface area (Å²) in [6.07, 6.45) is 12.6. The molecular formula is C27H36N8O3. The fourth-order valence-electron chi connectivity index (χ4n) is 5.85. The molecule has 38 heavy (non-hydrogen) atoms. The molecule has 2 aliphatic heterocycles. The van der Waals surface area contributed by atoms with Gasteiger partial charge in [0.25, 0.3) is 5.91 Å². The summed E-state index contributed by atoms with van der Waals surface area (Å²) in [6.45, 7) is 4.17. The molecule has 2 aromatic heterocycles. The van der Waals surface area contributed by atoms with E-state index in [0.29, 0.717) is 52.8 Å². The molecular weight excluding hydrogens is 484 g/mol. The predicted octanol–water partition coefficient (Wildman–Crippen LogP) is 2.54. The van der Waals surface area contributed by atoms with Crippen LogP contribution in [0.15, 0.2) is 11.8 Å². The largest absolute Gasteiger partial charge is 0.351 e. The molecule has 0 spiro atoms. The quantitative estimate of drug-likeness (QED) is 0.337. The number of nitrogens with zero attached hydrogens (tertiary/aromatic N) is 5. The summed E-state index contributed by atoms with van der Waals surface area (Å²) < 4.78 is 1.66. The zero-order chi connectivity index (χ0) is 26.2. The Labute approximate surface area is 221 Å². The molecule has 2 saturated carbocycles. The van der Waals surface area contributed by atoms with Gasteiger partial charge in [-0.05, 0) is 83.4 Å². The highest BCUT2D eigenvalue weighted by molar-refractivity contribution is 6.15. The molecule has 11 heteroatoms. The van der Waals surface area contributed by atoms with Crippen LogP contribution in [0.4, 0.5) is 11.9 Å². The van der Waals surface area contributed by atoms with Crippen LogP contribution in [0.1, 0.15) is 76.7 Å². The summed E-state index contributed by atoms with van der Waals surface area (Å²) in [7, 11) is 0. The van der Waals surface area contributed by atoms with Crippen molar-refractivity contribution in [3.63, 3.8) is 0 Å². The third-order valence-corrected chi connectivity index (χ3v) is 8.36.